The first-order chi connectivity index (χ1) is 14.3. The number of anilines is 1. The summed E-state index contributed by atoms with van der Waals surface area (Å²) in [6, 6.07) is 5.17. The van der Waals surface area contributed by atoms with Gasteiger partial charge in [-0.2, -0.15) is 4.98 Å². The zero-order valence-corrected chi connectivity index (χ0v) is 17.3. The quantitative estimate of drug-likeness (QED) is 0.299. The van der Waals surface area contributed by atoms with Crippen molar-refractivity contribution < 1.29 is 24.0 Å². The van der Waals surface area contributed by atoms with E-state index in [4.69, 9.17) is 4.74 Å². The lowest BCUT2D eigenvalue weighted by molar-refractivity contribution is -0.384. The number of rotatable bonds is 7. The molecular weight excluding hydrogens is 414 g/mol. The molecule has 0 bridgehead atoms. The molecule has 1 aromatic carbocycles. The maximum atomic E-state index is 12.7. The van der Waals surface area contributed by atoms with Crippen molar-refractivity contribution in [1.29, 1.82) is 0 Å². The van der Waals surface area contributed by atoms with Crippen LogP contribution < -0.4 is 5.32 Å². The van der Waals surface area contributed by atoms with Crippen LogP contribution in [0.25, 0.3) is 0 Å². The number of nitro benzene ring substituents is 1. The summed E-state index contributed by atoms with van der Waals surface area (Å²) in [4.78, 5) is 39.2. The van der Waals surface area contributed by atoms with E-state index in [1.807, 2.05) is 0 Å². The molecular formula is C18H19N5O6S. The molecule has 1 aromatic heterocycles. The van der Waals surface area contributed by atoms with Crippen molar-refractivity contribution in [2.45, 2.75) is 25.0 Å². The van der Waals surface area contributed by atoms with Crippen molar-refractivity contribution in [3.63, 3.8) is 0 Å². The van der Waals surface area contributed by atoms with Gasteiger partial charge in [0.05, 0.1) is 30.0 Å². The van der Waals surface area contributed by atoms with Crippen LogP contribution in [0.2, 0.25) is 0 Å². The average Bonchev–Trinajstić information content (AvgIpc) is 3.13. The number of nitrogens with zero attached hydrogens (tertiary/aromatic N) is 4. The van der Waals surface area contributed by atoms with E-state index >= 15 is 0 Å². The number of fused-ring (bicyclic) bond motifs is 1. The zero-order valence-electron chi connectivity index (χ0n) is 16.4. The second-order valence-corrected chi connectivity index (χ2v) is 7.11. The van der Waals surface area contributed by atoms with E-state index in [1.165, 1.54) is 30.0 Å². The molecule has 158 valence electrons. The average molecular weight is 433 g/mol. The molecule has 1 aliphatic rings. The Hall–Kier alpha value is -3.41. The van der Waals surface area contributed by atoms with Gasteiger partial charge in [0.2, 0.25) is 11.1 Å². The fraction of sp³-hybridized carbons (Fsp3) is 0.333. The number of thioether (sulfide) groups is 1. The number of aromatic nitrogens is 3. The smallest absolute Gasteiger partial charge is 0.338 e. The minimum atomic E-state index is -0.792. The van der Waals surface area contributed by atoms with Crippen LogP contribution in [-0.2, 0) is 19.1 Å². The Kier molecular flexibility index (Phi) is 6.35. The fourth-order valence-corrected chi connectivity index (χ4v) is 3.63. The van der Waals surface area contributed by atoms with Crippen LogP contribution in [-0.4, -0.2) is 51.1 Å². The number of carbonyl (C=O) groups is 2. The van der Waals surface area contributed by atoms with Crippen LogP contribution in [0.4, 0.5) is 11.6 Å². The number of hydrogen-bond donors (Lipinski definition) is 1. The fourth-order valence-electron chi connectivity index (χ4n) is 2.96. The van der Waals surface area contributed by atoms with Crippen LogP contribution >= 0.6 is 11.8 Å². The Balaban J connectivity index is 2.08. The highest BCUT2D eigenvalue weighted by molar-refractivity contribution is 7.99. The number of benzene rings is 1. The molecule has 0 spiro atoms. The standard InChI is InChI=1S/C18H19N5O6S/c1-4-29-16(25)14-10(2)19-17-20-18(30-9-13(24)28-3)21-22(17)15(14)11-6-5-7-12(8-11)23(26)27/h5-8,15H,4,9H2,1-3H3,(H,19,20,21)/t15-/m0/s1. The summed E-state index contributed by atoms with van der Waals surface area (Å²) in [5.74, 6) is -0.649. The highest BCUT2D eigenvalue weighted by Gasteiger charge is 2.35. The number of esters is 2. The summed E-state index contributed by atoms with van der Waals surface area (Å²) in [6.07, 6.45) is 0. The molecule has 2 heterocycles. The maximum absolute atomic E-state index is 12.7. The number of methoxy groups -OCH3 is 1. The Bertz CT molecular complexity index is 1030. The molecule has 12 heteroatoms. The van der Waals surface area contributed by atoms with Gasteiger partial charge in [-0.25, -0.2) is 9.48 Å². The second-order valence-electron chi connectivity index (χ2n) is 6.17. The van der Waals surface area contributed by atoms with Crippen molar-refractivity contribution in [2.75, 3.05) is 24.8 Å². The molecule has 0 radical (unpaired) electrons. The monoisotopic (exact) mass is 433 g/mol. The number of nitrogens with one attached hydrogen (secondary N) is 1. The SMILES string of the molecule is CCOC(=O)C1=C(C)Nc2nc(SCC(=O)OC)nn2[C@H]1c1cccc([N+](=O)[O-])c1. The summed E-state index contributed by atoms with van der Waals surface area (Å²) < 4.78 is 11.3. The van der Waals surface area contributed by atoms with Gasteiger partial charge in [-0.1, -0.05) is 23.9 Å². The van der Waals surface area contributed by atoms with Gasteiger partial charge in [0.1, 0.15) is 6.04 Å². The molecule has 1 aliphatic heterocycles. The van der Waals surface area contributed by atoms with Gasteiger partial charge in [0.15, 0.2) is 0 Å². The number of allylic oxidation sites excluding steroid dienone is 1. The third-order valence-corrected chi connectivity index (χ3v) is 5.08. The first-order valence-electron chi connectivity index (χ1n) is 8.91. The summed E-state index contributed by atoms with van der Waals surface area (Å²) in [5, 5.41) is 19.0. The van der Waals surface area contributed by atoms with Gasteiger partial charge < -0.3 is 14.8 Å². The molecule has 1 N–H and O–H groups in total. The van der Waals surface area contributed by atoms with Crippen LogP contribution in [0.3, 0.4) is 0 Å². The summed E-state index contributed by atoms with van der Waals surface area (Å²) in [7, 11) is 1.29. The largest absolute Gasteiger partial charge is 0.468 e. The molecule has 0 amide bonds. The normalized spacial score (nSPS) is 15.2. The van der Waals surface area contributed by atoms with Crippen LogP contribution in [0.1, 0.15) is 25.5 Å². The Morgan fingerprint density at radius 1 is 1.40 bits per heavy atom. The van der Waals surface area contributed by atoms with Crippen molar-refractivity contribution in [3.05, 3.63) is 51.2 Å². The van der Waals surface area contributed by atoms with Crippen LogP contribution in [0.15, 0.2) is 40.7 Å². The number of non-ortho nitro benzene ring substituents is 1. The Morgan fingerprint density at radius 3 is 2.83 bits per heavy atom. The first kappa shape index (κ1) is 21.3. The van der Waals surface area contributed by atoms with E-state index in [-0.39, 0.29) is 28.8 Å². The van der Waals surface area contributed by atoms with Gasteiger partial charge in [-0.05, 0) is 19.4 Å². The van der Waals surface area contributed by atoms with Gasteiger partial charge in [-0.3, -0.25) is 14.9 Å². The third-order valence-electron chi connectivity index (χ3n) is 4.27. The van der Waals surface area contributed by atoms with Crippen LogP contribution in [0, 0.1) is 10.1 Å². The summed E-state index contributed by atoms with van der Waals surface area (Å²) in [5.41, 5.74) is 1.12. The van der Waals surface area contributed by atoms with Crippen molar-refractivity contribution in [2.24, 2.45) is 0 Å². The Morgan fingerprint density at radius 2 is 2.17 bits per heavy atom. The van der Waals surface area contributed by atoms with Gasteiger partial charge in [0, 0.05) is 17.8 Å². The molecule has 0 saturated carbocycles. The lowest BCUT2D eigenvalue weighted by atomic mass is 9.95. The molecule has 1 atom stereocenters. The van der Waals surface area contributed by atoms with Crippen LogP contribution in [0.5, 0.6) is 0 Å². The minimum absolute atomic E-state index is 0.0125. The maximum Gasteiger partial charge on any atom is 0.338 e. The van der Waals surface area contributed by atoms with Crippen molar-refractivity contribution in [3.8, 4) is 0 Å². The number of nitro groups is 1. The highest BCUT2D eigenvalue weighted by Crippen LogP contribution is 2.37. The number of carbonyl (C=O) groups excluding carboxylic acids is 2. The Labute approximate surface area is 175 Å². The molecule has 11 nitrogen and oxygen atoms in total. The summed E-state index contributed by atoms with van der Waals surface area (Å²) >= 11 is 1.07. The lowest BCUT2D eigenvalue weighted by Gasteiger charge is -2.27. The predicted octanol–water partition coefficient (Wildman–Crippen LogP) is 2.30. The lowest BCUT2D eigenvalue weighted by Crippen LogP contribution is -2.29. The topological polar surface area (TPSA) is 138 Å². The molecule has 3 rings (SSSR count). The first-order valence-corrected chi connectivity index (χ1v) is 9.89. The molecule has 30 heavy (non-hydrogen) atoms. The number of ether oxygens (including phenoxy) is 2. The zero-order chi connectivity index (χ0) is 21.8. The van der Waals surface area contributed by atoms with Gasteiger partial charge >= 0.3 is 11.9 Å². The molecule has 0 fully saturated rings. The number of hydrogen-bond acceptors (Lipinski definition) is 10. The second kappa shape index (κ2) is 8.95. The van der Waals surface area contributed by atoms with E-state index in [0.717, 1.165) is 11.8 Å². The van der Waals surface area contributed by atoms with Crippen molar-refractivity contribution in [1.82, 2.24) is 14.8 Å². The van der Waals surface area contributed by atoms with E-state index in [9.17, 15) is 19.7 Å². The molecule has 0 aliphatic carbocycles. The molecule has 0 unspecified atom stereocenters. The highest BCUT2D eigenvalue weighted by atomic mass is 32.2. The molecule has 0 saturated heterocycles. The van der Waals surface area contributed by atoms with E-state index < -0.39 is 22.9 Å². The van der Waals surface area contributed by atoms with E-state index in [0.29, 0.717) is 17.2 Å². The van der Waals surface area contributed by atoms with E-state index in [2.05, 4.69) is 20.1 Å². The third kappa shape index (κ3) is 4.27. The minimum Gasteiger partial charge on any atom is -0.468 e. The molecule has 2 aromatic rings. The van der Waals surface area contributed by atoms with E-state index in [1.54, 1.807) is 19.9 Å². The van der Waals surface area contributed by atoms with Gasteiger partial charge in [-0.15, -0.1) is 5.10 Å². The van der Waals surface area contributed by atoms with Gasteiger partial charge in [0.25, 0.3) is 5.69 Å². The predicted molar refractivity (Wildman–Crippen MR) is 107 cm³/mol. The van der Waals surface area contributed by atoms with Crippen molar-refractivity contribution >= 4 is 35.3 Å². The summed E-state index contributed by atoms with van der Waals surface area (Å²) in [6.45, 7) is 3.55.